The molecule has 21 heavy (non-hydrogen) atoms. The number of halogens is 1. The molecule has 1 aromatic heterocycles. The summed E-state index contributed by atoms with van der Waals surface area (Å²) < 4.78 is 20.7. The van der Waals surface area contributed by atoms with Crippen molar-refractivity contribution in [2.24, 2.45) is 0 Å². The number of fused-ring (bicyclic) bond motifs is 1. The maximum Gasteiger partial charge on any atom is 0.313 e. The van der Waals surface area contributed by atoms with Crippen molar-refractivity contribution in [2.45, 2.75) is 25.0 Å². The molecule has 0 aliphatic rings. The lowest BCUT2D eigenvalue weighted by Crippen LogP contribution is -2.13. The van der Waals surface area contributed by atoms with E-state index in [9.17, 15) is 9.18 Å². The van der Waals surface area contributed by atoms with Gasteiger partial charge in [-0.3, -0.25) is 4.79 Å². The summed E-state index contributed by atoms with van der Waals surface area (Å²) >= 11 is 1.12. The second-order valence-corrected chi connectivity index (χ2v) is 5.78. The van der Waals surface area contributed by atoms with Crippen LogP contribution in [0.3, 0.4) is 0 Å². The van der Waals surface area contributed by atoms with Crippen LogP contribution in [0.1, 0.15) is 18.5 Å². The molecule has 0 saturated carbocycles. The van der Waals surface area contributed by atoms with Crippen LogP contribution < -0.4 is 0 Å². The van der Waals surface area contributed by atoms with Crippen molar-refractivity contribution in [3.8, 4) is 0 Å². The highest BCUT2D eigenvalue weighted by Crippen LogP contribution is 2.29. The molecular formula is C14H17FN2O3S. The number of aliphatic carboxylic acids is 1. The first kappa shape index (κ1) is 15.8. The van der Waals surface area contributed by atoms with Crippen LogP contribution in [0.2, 0.25) is 0 Å². The van der Waals surface area contributed by atoms with Gasteiger partial charge in [-0.25, -0.2) is 9.37 Å². The number of nitrogens with zero attached hydrogens (tertiary/aromatic N) is 2. The van der Waals surface area contributed by atoms with Crippen molar-refractivity contribution < 1.29 is 19.0 Å². The fourth-order valence-electron chi connectivity index (χ4n) is 2.17. The molecule has 1 unspecified atom stereocenters. The number of hydrogen-bond acceptors (Lipinski definition) is 4. The van der Waals surface area contributed by atoms with Crippen LogP contribution in [-0.4, -0.2) is 40.1 Å². The molecule has 0 fully saturated rings. The summed E-state index contributed by atoms with van der Waals surface area (Å²) in [5.41, 5.74) is 1.84. The normalized spacial score (nSPS) is 12.8. The summed E-state index contributed by atoms with van der Waals surface area (Å²) in [6, 6.07) is 3.08. The van der Waals surface area contributed by atoms with Gasteiger partial charge in [0.25, 0.3) is 0 Å². The van der Waals surface area contributed by atoms with Gasteiger partial charge in [0, 0.05) is 13.2 Å². The Labute approximate surface area is 126 Å². The molecule has 0 saturated heterocycles. The highest BCUT2D eigenvalue weighted by molar-refractivity contribution is 7.99. The van der Waals surface area contributed by atoms with Crippen molar-refractivity contribution in [2.75, 3.05) is 19.5 Å². The maximum absolute atomic E-state index is 13.7. The van der Waals surface area contributed by atoms with Crippen molar-refractivity contribution in [3.63, 3.8) is 0 Å². The molecule has 1 atom stereocenters. The number of methoxy groups -OCH3 is 1. The molecule has 7 heteroatoms. The van der Waals surface area contributed by atoms with E-state index in [2.05, 4.69) is 4.98 Å². The summed E-state index contributed by atoms with van der Waals surface area (Å²) in [7, 11) is 1.60. The highest BCUT2D eigenvalue weighted by atomic mass is 32.2. The van der Waals surface area contributed by atoms with Crippen molar-refractivity contribution in [3.05, 3.63) is 23.5 Å². The lowest BCUT2D eigenvalue weighted by molar-refractivity contribution is -0.133. The predicted octanol–water partition coefficient (Wildman–Crippen LogP) is 2.87. The van der Waals surface area contributed by atoms with Crippen LogP contribution in [0.25, 0.3) is 11.0 Å². The van der Waals surface area contributed by atoms with Crippen LogP contribution in [0.15, 0.2) is 17.3 Å². The van der Waals surface area contributed by atoms with Crippen LogP contribution in [-0.2, 0) is 9.53 Å². The quantitative estimate of drug-likeness (QED) is 0.831. The first-order valence-electron chi connectivity index (χ1n) is 6.45. The third-order valence-electron chi connectivity index (χ3n) is 3.11. The first-order chi connectivity index (χ1) is 9.93. The number of carboxylic acid groups (broad SMARTS) is 1. The minimum atomic E-state index is -0.916. The van der Waals surface area contributed by atoms with Gasteiger partial charge in [0.2, 0.25) is 0 Å². The Bertz CT molecular complexity index is 672. The molecule has 0 aliphatic heterocycles. The summed E-state index contributed by atoms with van der Waals surface area (Å²) in [5.74, 6) is -1.33. The van der Waals surface area contributed by atoms with Crippen LogP contribution >= 0.6 is 11.8 Å². The number of benzene rings is 1. The molecule has 2 aromatic rings. The zero-order valence-electron chi connectivity index (χ0n) is 12.1. The van der Waals surface area contributed by atoms with Gasteiger partial charge in [0.05, 0.1) is 29.4 Å². The smallest absolute Gasteiger partial charge is 0.313 e. The molecule has 0 amide bonds. The van der Waals surface area contributed by atoms with Crippen molar-refractivity contribution in [1.29, 1.82) is 0 Å². The van der Waals surface area contributed by atoms with E-state index >= 15 is 0 Å². The van der Waals surface area contributed by atoms with Crippen LogP contribution in [0.4, 0.5) is 4.39 Å². The fourth-order valence-corrected chi connectivity index (χ4v) is 3.00. The lowest BCUT2D eigenvalue weighted by atomic mass is 10.2. The van der Waals surface area contributed by atoms with Gasteiger partial charge < -0.3 is 14.4 Å². The molecular weight excluding hydrogens is 295 g/mol. The highest BCUT2D eigenvalue weighted by Gasteiger charge is 2.18. The Morgan fingerprint density at radius 3 is 2.90 bits per heavy atom. The SMILES string of the molecule is COCC(C)n1c(SCC(=O)O)nc2cc(F)c(C)cc21. The van der Waals surface area contributed by atoms with Gasteiger partial charge in [-0.2, -0.15) is 0 Å². The molecule has 0 spiro atoms. The monoisotopic (exact) mass is 312 g/mol. The number of aromatic nitrogens is 2. The van der Waals surface area contributed by atoms with E-state index in [1.165, 1.54) is 6.07 Å². The summed E-state index contributed by atoms with van der Waals surface area (Å²) in [6.45, 7) is 4.10. The van der Waals surface area contributed by atoms with Gasteiger partial charge >= 0.3 is 5.97 Å². The Balaban J connectivity index is 2.54. The minimum absolute atomic E-state index is 0.0267. The first-order valence-corrected chi connectivity index (χ1v) is 7.44. The topological polar surface area (TPSA) is 64.3 Å². The second-order valence-electron chi connectivity index (χ2n) is 4.84. The minimum Gasteiger partial charge on any atom is -0.481 e. The largest absolute Gasteiger partial charge is 0.481 e. The molecule has 1 N–H and O–H groups in total. The van der Waals surface area contributed by atoms with Gasteiger partial charge in [-0.05, 0) is 25.5 Å². The van der Waals surface area contributed by atoms with E-state index in [1.54, 1.807) is 20.1 Å². The molecule has 0 radical (unpaired) electrons. The average Bonchev–Trinajstić information content (AvgIpc) is 2.75. The number of rotatable bonds is 6. The van der Waals surface area contributed by atoms with E-state index in [0.29, 0.717) is 22.8 Å². The molecule has 1 heterocycles. The molecule has 5 nitrogen and oxygen atoms in total. The van der Waals surface area contributed by atoms with Crippen molar-refractivity contribution in [1.82, 2.24) is 9.55 Å². The predicted molar refractivity (Wildman–Crippen MR) is 79.4 cm³/mol. The Hall–Kier alpha value is -1.60. The summed E-state index contributed by atoms with van der Waals surface area (Å²) in [5, 5.41) is 9.39. The lowest BCUT2D eigenvalue weighted by Gasteiger charge is -2.16. The molecule has 0 bridgehead atoms. The van der Waals surface area contributed by atoms with E-state index in [4.69, 9.17) is 9.84 Å². The van der Waals surface area contributed by atoms with Gasteiger partial charge in [0.15, 0.2) is 5.16 Å². The van der Waals surface area contributed by atoms with Crippen molar-refractivity contribution >= 4 is 28.8 Å². The Morgan fingerprint density at radius 1 is 1.57 bits per heavy atom. The summed E-state index contributed by atoms with van der Waals surface area (Å²) in [4.78, 5) is 15.1. The van der Waals surface area contributed by atoms with Gasteiger partial charge in [0.1, 0.15) is 5.82 Å². The molecule has 1 aromatic carbocycles. The van der Waals surface area contributed by atoms with E-state index in [-0.39, 0.29) is 17.6 Å². The molecule has 114 valence electrons. The number of ether oxygens (including phenoxy) is 1. The third kappa shape index (κ3) is 3.36. The van der Waals surface area contributed by atoms with E-state index in [1.807, 2.05) is 11.5 Å². The number of aryl methyl sites for hydroxylation is 1. The standard InChI is InChI=1S/C14H17FN2O3S/c1-8-4-12-11(5-10(8)15)16-14(21-7-13(18)19)17(12)9(2)6-20-3/h4-5,9H,6-7H2,1-3H3,(H,18,19). The number of carboxylic acids is 1. The van der Waals surface area contributed by atoms with Gasteiger partial charge in [-0.15, -0.1) is 0 Å². The van der Waals surface area contributed by atoms with E-state index < -0.39 is 5.97 Å². The Kier molecular flexibility index (Phi) is 4.84. The molecule has 0 aliphatic carbocycles. The third-order valence-corrected chi connectivity index (χ3v) is 4.05. The zero-order chi connectivity index (χ0) is 15.6. The zero-order valence-corrected chi connectivity index (χ0v) is 12.9. The van der Waals surface area contributed by atoms with E-state index in [0.717, 1.165) is 17.3 Å². The maximum atomic E-state index is 13.7. The number of carbonyl (C=O) groups is 1. The number of imidazole rings is 1. The summed E-state index contributed by atoms with van der Waals surface area (Å²) in [6.07, 6.45) is 0. The van der Waals surface area contributed by atoms with Crippen LogP contribution in [0, 0.1) is 12.7 Å². The average molecular weight is 312 g/mol. The molecule has 2 rings (SSSR count). The fraction of sp³-hybridized carbons (Fsp3) is 0.429. The van der Waals surface area contributed by atoms with Crippen LogP contribution in [0.5, 0.6) is 0 Å². The number of thioether (sulfide) groups is 1. The Morgan fingerprint density at radius 2 is 2.29 bits per heavy atom. The number of hydrogen-bond donors (Lipinski definition) is 1. The second kappa shape index (κ2) is 6.44. The van der Waals surface area contributed by atoms with Gasteiger partial charge in [-0.1, -0.05) is 11.8 Å².